The average molecular weight is 308 g/mol. The van der Waals surface area contributed by atoms with Gasteiger partial charge >= 0.3 is 0 Å². The van der Waals surface area contributed by atoms with E-state index in [9.17, 15) is 4.79 Å². The summed E-state index contributed by atoms with van der Waals surface area (Å²) in [5.41, 5.74) is 6.20. The standard InChI is InChI=1S/C17H28N2OS/c1-15-6-12-7-16(2,9-15)11-17(8-12,10-15)14(20)19-5-3-4-13(18)21/h12H,3-11H2,1-2H3,(H2,18,21)(H,19,20). The van der Waals surface area contributed by atoms with E-state index in [4.69, 9.17) is 18.0 Å². The molecule has 4 heteroatoms. The third-order valence-electron chi connectivity index (χ3n) is 5.99. The molecule has 2 unspecified atom stereocenters. The predicted octanol–water partition coefficient (Wildman–Crippen LogP) is 3.17. The van der Waals surface area contributed by atoms with E-state index < -0.39 is 0 Å². The van der Waals surface area contributed by atoms with Crippen LogP contribution >= 0.6 is 12.2 Å². The van der Waals surface area contributed by atoms with E-state index in [1.165, 1.54) is 19.3 Å². The molecular weight excluding hydrogens is 280 g/mol. The smallest absolute Gasteiger partial charge is 0.226 e. The zero-order valence-corrected chi connectivity index (χ0v) is 14.2. The van der Waals surface area contributed by atoms with Crippen molar-refractivity contribution in [3.63, 3.8) is 0 Å². The van der Waals surface area contributed by atoms with Crippen LogP contribution in [0.1, 0.15) is 65.2 Å². The fourth-order valence-corrected chi connectivity index (χ4v) is 6.50. The molecule has 0 saturated heterocycles. The fraction of sp³-hybridized carbons (Fsp3) is 0.882. The van der Waals surface area contributed by atoms with Crippen LogP contribution in [0.4, 0.5) is 0 Å². The van der Waals surface area contributed by atoms with E-state index in [1.807, 2.05) is 0 Å². The van der Waals surface area contributed by atoms with Gasteiger partial charge in [-0.3, -0.25) is 4.79 Å². The minimum atomic E-state index is -0.0911. The molecule has 0 aromatic rings. The van der Waals surface area contributed by atoms with Crippen LogP contribution in [0.25, 0.3) is 0 Å². The quantitative estimate of drug-likeness (QED) is 0.606. The normalized spacial score (nSPS) is 43.8. The molecule has 0 aromatic heterocycles. The molecule has 21 heavy (non-hydrogen) atoms. The monoisotopic (exact) mass is 308 g/mol. The van der Waals surface area contributed by atoms with Gasteiger partial charge in [0.2, 0.25) is 5.91 Å². The molecule has 0 radical (unpaired) electrons. The number of carbonyl (C=O) groups is 1. The van der Waals surface area contributed by atoms with E-state index in [2.05, 4.69) is 19.2 Å². The summed E-state index contributed by atoms with van der Waals surface area (Å²) in [6.45, 7) is 5.52. The van der Waals surface area contributed by atoms with Gasteiger partial charge in [0.05, 0.1) is 10.4 Å². The van der Waals surface area contributed by atoms with Crippen molar-refractivity contribution in [2.24, 2.45) is 27.9 Å². The summed E-state index contributed by atoms with van der Waals surface area (Å²) in [7, 11) is 0. The van der Waals surface area contributed by atoms with Crippen molar-refractivity contribution in [1.29, 1.82) is 0 Å². The van der Waals surface area contributed by atoms with E-state index in [-0.39, 0.29) is 5.41 Å². The third-order valence-corrected chi connectivity index (χ3v) is 6.20. The molecular formula is C17H28N2OS. The van der Waals surface area contributed by atoms with Crippen molar-refractivity contribution in [3.05, 3.63) is 0 Å². The van der Waals surface area contributed by atoms with Crippen LogP contribution in [0.5, 0.6) is 0 Å². The van der Waals surface area contributed by atoms with Gasteiger partial charge in [0.15, 0.2) is 0 Å². The van der Waals surface area contributed by atoms with Gasteiger partial charge in [0.25, 0.3) is 0 Å². The van der Waals surface area contributed by atoms with E-state index >= 15 is 0 Å². The number of rotatable bonds is 5. The first kappa shape index (κ1) is 15.3. The summed E-state index contributed by atoms with van der Waals surface area (Å²) < 4.78 is 0. The Labute approximate surface area is 133 Å². The summed E-state index contributed by atoms with van der Waals surface area (Å²) in [5, 5.41) is 3.18. The largest absolute Gasteiger partial charge is 0.393 e. The number of nitrogens with two attached hydrogens (primary N) is 1. The van der Waals surface area contributed by atoms with Gasteiger partial charge in [0, 0.05) is 6.54 Å². The van der Waals surface area contributed by atoms with Crippen molar-refractivity contribution in [2.75, 3.05) is 6.54 Å². The molecule has 3 nitrogen and oxygen atoms in total. The van der Waals surface area contributed by atoms with E-state index in [0.29, 0.717) is 28.3 Å². The molecule has 4 aliphatic rings. The Morgan fingerprint density at radius 2 is 1.81 bits per heavy atom. The lowest BCUT2D eigenvalue weighted by Crippen LogP contribution is -2.59. The zero-order chi connectivity index (χ0) is 15.3. The molecule has 4 aliphatic carbocycles. The Morgan fingerprint density at radius 1 is 1.19 bits per heavy atom. The summed E-state index contributed by atoms with van der Waals surface area (Å²) in [5.74, 6) is 1.06. The van der Waals surface area contributed by atoms with E-state index in [1.54, 1.807) is 0 Å². The van der Waals surface area contributed by atoms with Gasteiger partial charge in [-0.15, -0.1) is 0 Å². The first-order valence-electron chi connectivity index (χ1n) is 8.31. The van der Waals surface area contributed by atoms with Crippen LogP contribution < -0.4 is 11.1 Å². The molecule has 1 amide bonds. The van der Waals surface area contributed by atoms with Crippen molar-refractivity contribution in [3.8, 4) is 0 Å². The molecule has 0 heterocycles. The van der Waals surface area contributed by atoms with Crippen molar-refractivity contribution >= 4 is 23.1 Å². The van der Waals surface area contributed by atoms with Gasteiger partial charge in [-0.1, -0.05) is 26.1 Å². The average Bonchev–Trinajstić information content (AvgIpc) is 2.29. The molecule has 4 bridgehead atoms. The van der Waals surface area contributed by atoms with E-state index in [0.717, 1.165) is 38.0 Å². The Kier molecular flexibility index (Phi) is 3.59. The second kappa shape index (κ2) is 4.94. The Balaban J connectivity index is 1.67. The van der Waals surface area contributed by atoms with Gasteiger partial charge in [-0.2, -0.15) is 0 Å². The molecule has 0 aromatic carbocycles. The Hall–Kier alpha value is -0.640. The summed E-state index contributed by atoms with van der Waals surface area (Å²) in [6, 6.07) is 0. The first-order chi connectivity index (χ1) is 9.74. The first-order valence-corrected chi connectivity index (χ1v) is 8.72. The maximum Gasteiger partial charge on any atom is 0.226 e. The Morgan fingerprint density at radius 3 is 2.33 bits per heavy atom. The minimum absolute atomic E-state index is 0.0911. The molecule has 3 N–H and O–H groups in total. The van der Waals surface area contributed by atoms with Gasteiger partial charge in [-0.05, 0) is 68.1 Å². The number of carbonyl (C=O) groups excluding carboxylic acids is 1. The zero-order valence-electron chi connectivity index (χ0n) is 13.3. The molecule has 4 rings (SSSR count). The van der Waals surface area contributed by atoms with Crippen LogP contribution in [-0.4, -0.2) is 17.4 Å². The molecule has 4 fully saturated rings. The number of amides is 1. The fourth-order valence-electron chi connectivity index (χ4n) is 6.35. The highest BCUT2D eigenvalue weighted by atomic mass is 32.1. The van der Waals surface area contributed by atoms with Gasteiger partial charge < -0.3 is 11.1 Å². The van der Waals surface area contributed by atoms with Crippen LogP contribution in [0.2, 0.25) is 0 Å². The number of hydrogen-bond donors (Lipinski definition) is 2. The molecule has 0 spiro atoms. The third kappa shape index (κ3) is 2.84. The second-order valence-corrected chi connectivity index (χ2v) is 9.26. The molecule has 2 atom stereocenters. The highest BCUT2D eigenvalue weighted by Crippen LogP contribution is 2.69. The number of hydrogen-bond acceptors (Lipinski definition) is 2. The topological polar surface area (TPSA) is 55.1 Å². The summed E-state index contributed by atoms with van der Waals surface area (Å²) in [4.78, 5) is 13.4. The molecule has 4 saturated carbocycles. The van der Waals surface area contributed by atoms with Gasteiger partial charge in [0.1, 0.15) is 0 Å². The minimum Gasteiger partial charge on any atom is -0.393 e. The number of thiocarbonyl (C=S) groups is 1. The van der Waals surface area contributed by atoms with Crippen LogP contribution in [0.15, 0.2) is 0 Å². The second-order valence-electron chi connectivity index (χ2n) is 8.74. The van der Waals surface area contributed by atoms with Crippen molar-refractivity contribution in [2.45, 2.75) is 65.2 Å². The maximum atomic E-state index is 12.9. The number of nitrogens with one attached hydrogen (secondary N) is 1. The lowest BCUT2D eigenvalue weighted by molar-refractivity contribution is -0.170. The molecule has 0 aliphatic heterocycles. The SMILES string of the molecule is CC12CC3CC(C)(C1)CC(C(=O)NCCCC(N)=S)(C3)C2. The lowest BCUT2D eigenvalue weighted by Gasteiger charge is -2.64. The van der Waals surface area contributed by atoms with Crippen molar-refractivity contribution < 1.29 is 4.79 Å². The summed E-state index contributed by atoms with van der Waals surface area (Å²) >= 11 is 4.88. The van der Waals surface area contributed by atoms with Crippen LogP contribution in [0, 0.1) is 22.2 Å². The summed E-state index contributed by atoms with van der Waals surface area (Å²) in [6.07, 6.45) is 8.85. The maximum absolute atomic E-state index is 12.9. The van der Waals surface area contributed by atoms with Crippen LogP contribution in [0.3, 0.4) is 0 Å². The van der Waals surface area contributed by atoms with Crippen LogP contribution in [-0.2, 0) is 4.79 Å². The molecule has 118 valence electrons. The highest BCUT2D eigenvalue weighted by Gasteiger charge is 2.62. The van der Waals surface area contributed by atoms with Crippen molar-refractivity contribution in [1.82, 2.24) is 5.32 Å². The predicted molar refractivity (Wildman–Crippen MR) is 88.9 cm³/mol. The Bertz CT molecular complexity index is 457. The lowest BCUT2D eigenvalue weighted by atomic mass is 9.40. The van der Waals surface area contributed by atoms with Gasteiger partial charge in [-0.25, -0.2) is 0 Å². The highest BCUT2D eigenvalue weighted by molar-refractivity contribution is 7.80.